The Morgan fingerprint density at radius 3 is 2.28 bits per heavy atom. The highest BCUT2D eigenvalue weighted by molar-refractivity contribution is 7.93. The summed E-state index contributed by atoms with van der Waals surface area (Å²) in [5.41, 5.74) is 1.43. The lowest BCUT2D eigenvalue weighted by Crippen LogP contribution is -2.33. The lowest BCUT2D eigenvalue weighted by atomic mass is 10.2. The fraction of sp³-hybridized carbons (Fsp3) is 0.294. The highest BCUT2D eigenvalue weighted by Gasteiger charge is 2.36. The van der Waals surface area contributed by atoms with E-state index in [-0.39, 0.29) is 16.6 Å². The molecule has 0 amide bonds. The van der Waals surface area contributed by atoms with Crippen molar-refractivity contribution in [3.05, 3.63) is 54.1 Å². The number of para-hydroxylation sites is 2. The van der Waals surface area contributed by atoms with Gasteiger partial charge in [0.25, 0.3) is 10.0 Å². The van der Waals surface area contributed by atoms with Crippen LogP contribution in [0.2, 0.25) is 0 Å². The normalized spacial score (nSPS) is 15.0. The minimum absolute atomic E-state index is 0.111. The van der Waals surface area contributed by atoms with Gasteiger partial charge in [0.05, 0.1) is 22.5 Å². The first-order valence-corrected chi connectivity index (χ1v) is 11.2. The Hall–Kier alpha value is -2.06. The van der Waals surface area contributed by atoms with Crippen LogP contribution < -0.4 is 9.03 Å². The Bertz CT molecular complexity index is 997. The SMILES string of the molecule is Cc1cccc(S(=O)(=O)Nc2ccccc2N(C2CC2)S(C)(=O)=O)c1. The summed E-state index contributed by atoms with van der Waals surface area (Å²) in [5, 5.41) is 0. The number of aryl methyl sites for hydroxylation is 1. The zero-order valence-corrected chi connectivity index (χ0v) is 15.6. The van der Waals surface area contributed by atoms with Gasteiger partial charge in [0.2, 0.25) is 10.0 Å². The largest absolute Gasteiger partial charge is 0.277 e. The van der Waals surface area contributed by atoms with Crippen molar-refractivity contribution in [3.63, 3.8) is 0 Å². The number of nitrogens with zero attached hydrogens (tertiary/aromatic N) is 1. The summed E-state index contributed by atoms with van der Waals surface area (Å²) in [4.78, 5) is 0.139. The van der Waals surface area contributed by atoms with E-state index in [1.165, 1.54) is 10.4 Å². The van der Waals surface area contributed by atoms with Gasteiger partial charge in [-0.15, -0.1) is 0 Å². The van der Waals surface area contributed by atoms with Crippen molar-refractivity contribution in [3.8, 4) is 0 Å². The van der Waals surface area contributed by atoms with Crippen LogP contribution in [-0.2, 0) is 20.0 Å². The summed E-state index contributed by atoms with van der Waals surface area (Å²) in [5.74, 6) is 0. The second kappa shape index (κ2) is 6.34. The van der Waals surface area contributed by atoms with E-state index in [2.05, 4.69) is 4.72 Å². The number of benzene rings is 2. The molecule has 0 unspecified atom stereocenters. The first kappa shape index (κ1) is 17.8. The van der Waals surface area contributed by atoms with Crippen molar-refractivity contribution in [1.29, 1.82) is 0 Å². The molecule has 2 aromatic carbocycles. The molecule has 3 rings (SSSR count). The topological polar surface area (TPSA) is 83.6 Å². The summed E-state index contributed by atoms with van der Waals surface area (Å²) in [6.45, 7) is 1.81. The van der Waals surface area contributed by atoms with Crippen LogP contribution in [0.25, 0.3) is 0 Å². The van der Waals surface area contributed by atoms with Crippen molar-refractivity contribution in [2.24, 2.45) is 0 Å². The van der Waals surface area contributed by atoms with E-state index in [1.807, 2.05) is 13.0 Å². The molecular formula is C17H20N2O4S2. The van der Waals surface area contributed by atoms with Gasteiger partial charge in [0.15, 0.2) is 0 Å². The van der Waals surface area contributed by atoms with Crippen molar-refractivity contribution in [2.75, 3.05) is 15.3 Å². The Morgan fingerprint density at radius 1 is 1.00 bits per heavy atom. The number of sulfonamides is 2. The first-order valence-electron chi connectivity index (χ1n) is 7.86. The van der Waals surface area contributed by atoms with E-state index in [9.17, 15) is 16.8 Å². The molecule has 0 heterocycles. The summed E-state index contributed by atoms with van der Waals surface area (Å²) in [6, 6.07) is 13.0. The van der Waals surface area contributed by atoms with Crippen molar-refractivity contribution in [2.45, 2.75) is 30.7 Å². The first-order chi connectivity index (χ1) is 11.7. The number of hydrogen-bond acceptors (Lipinski definition) is 4. The van der Waals surface area contributed by atoms with Gasteiger partial charge in [-0.25, -0.2) is 16.8 Å². The highest BCUT2D eigenvalue weighted by Crippen LogP contribution is 2.38. The monoisotopic (exact) mass is 380 g/mol. The van der Waals surface area contributed by atoms with Crippen molar-refractivity contribution < 1.29 is 16.8 Å². The van der Waals surface area contributed by atoms with Gasteiger partial charge in [0, 0.05) is 6.04 Å². The molecule has 0 spiro atoms. The average Bonchev–Trinajstić information content (AvgIpc) is 3.32. The lowest BCUT2D eigenvalue weighted by molar-refractivity contribution is 0.595. The Morgan fingerprint density at radius 2 is 1.68 bits per heavy atom. The standard InChI is InChI=1S/C17H20N2O4S2/c1-13-6-5-7-15(12-13)25(22,23)18-16-8-3-4-9-17(16)19(14-10-11-14)24(2,20)21/h3-9,12,14,18H,10-11H2,1-2H3. The maximum absolute atomic E-state index is 12.7. The maximum atomic E-state index is 12.7. The van der Waals surface area contributed by atoms with E-state index >= 15 is 0 Å². The van der Waals surface area contributed by atoms with Crippen LogP contribution in [0, 0.1) is 6.92 Å². The minimum atomic E-state index is -3.81. The summed E-state index contributed by atoms with van der Waals surface area (Å²) < 4.78 is 53.6. The number of rotatable bonds is 6. The third-order valence-corrected chi connectivity index (χ3v) is 6.49. The van der Waals surface area contributed by atoms with E-state index in [0.29, 0.717) is 5.69 Å². The molecule has 2 aromatic rings. The molecule has 0 bridgehead atoms. The fourth-order valence-corrected chi connectivity index (χ4v) is 5.14. The van der Waals surface area contributed by atoms with E-state index in [1.54, 1.807) is 36.4 Å². The van der Waals surface area contributed by atoms with Crippen LogP contribution in [0.15, 0.2) is 53.4 Å². The van der Waals surface area contributed by atoms with Gasteiger partial charge < -0.3 is 0 Å². The lowest BCUT2D eigenvalue weighted by Gasteiger charge is -2.25. The molecule has 0 aliphatic heterocycles. The minimum Gasteiger partial charge on any atom is -0.277 e. The fourth-order valence-electron chi connectivity index (χ4n) is 2.69. The zero-order chi connectivity index (χ0) is 18.2. The van der Waals surface area contributed by atoms with E-state index in [0.717, 1.165) is 24.7 Å². The number of anilines is 2. The van der Waals surface area contributed by atoms with Crippen LogP contribution in [-0.4, -0.2) is 29.1 Å². The molecule has 1 fully saturated rings. The second-order valence-electron chi connectivity index (χ2n) is 6.23. The summed E-state index contributed by atoms with van der Waals surface area (Å²) in [7, 11) is -7.32. The van der Waals surface area contributed by atoms with Gasteiger partial charge in [-0.2, -0.15) is 0 Å². The van der Waals surface area contributed by atoms with Crippen LogP contribution >= 0.6 is 0 Å². The number of hydrogen-bond donors (Lipinski definition) is 1. The molecule has 0 atom stereocenters. The maximum Gasteiger partial charge on any atom is 0.261 e. The Balaban J connectivity index is 2.02. The molecule has 1 N–H and O–H groups in total. The van der Waals surface area contributed by atoms with Crippen molar-refractivity contribution in [1.82, 2.24) is 0 Å². The quantitative estimate of drug-likeness (QED) is 0.835. The summed E-state index contributed by atoms with van der Waals surface area (Å²) in [6.07, 6.45) is 2.68. The molecule has 0 radical (unpaired) electrons. The third kappa shape index (κ3) is 3.96. The van der Waals surface area contributed by atoms with Crippen molar-refractivity contribution >= 4 is 31.4 Å². The van der Waals surface area contributed by atoms with E-state index in [4.69, 9.17) is 0 Å². The third-order valence-electron chi connectivity index (χ3n) is 3.92. The Kier molecular flexibility index (Phi) is 4.51. The molecule has 6 nitrogen and oxygen atoms in total. The molecule has 25 heavy (non-hydrogen) atoms. The van der Waals surface area contributed by atoms with E-state index < -0.39 is 20.0 Å². The number of nitrogens with one attached hydrogen (secondary N) is 1. The molecule has 0 saturated heterocycles. The predicted octanol–water partition coefficient (Wildman–Crippen LogP) is 2.72. The summed E-state index contributed by atoms with van der Waals surface area (Å²) >= 11 is 0. The zero-order valence-electron chi connectivity index (χ0n) is 14.0. The van der Waals surface area contributed by atoms with Gasteiger partial charge in [-0.3, -0.25) is 9.03 Å². The van der Waals surface area contributed by atoms with Crippen LogP contribution in [0.5, 0.6) is 0 Å². The van der Waals surface area contributed by atoms with Gasteiger partial charge in [-0.05, 0) is 49.6 Å². The molecule has 1 aliphatic carbocycles. The smallest absolute Gasteiger partial charge is 0.261 e. The molecule has 1 aliphatic rings. The van der Waals surface area contributed by atoms with Gasteiger partial charge in [0.1, 0.15) is 0 Å². The Labute approximate surface area is 148 Å². The van der Waals surface area contributed by atoms with Gasteiger partial charge in [-0.1, -0.05) is 24.3 Å². The average molecular weight is 380 g/mol. The molecular weight excluding hydrogens is 360 g/mol. The highest BCUT2D eigenvalue weighted by atomic mass is 32.2. The van der Waals surface area contributed by atoms with Gasteiger partial charge >= 0.3 is 0 Å². The molecule has 8 heteroatoms. The second-order valence-corrected chi connectivity index (χ2v) is 9.77. The molecule has 0 aromatic heterocycles. The van der Waals surface area contributed by atoms with Crippen LogP contribution in [0.4, 0.5) is 11.4 Å². The van der Waals surface area contributed by atoms with Crippen LogP contribution in [0.3, 0.4) is 0 Å². The molecule has 1 saturated carbocycles. The van der Waals surface area contributed by atoms with Crippen LogP contribution in [0.1, 0.15) is 18.4 Å². The molecule has 134 valence electrons. The predicted molar refractivity (Wildman–Crippen MR) is 98.8 cm³/mol.